The van der Waals surface area contributed by atoms with Gasteiger partial charge in [0.2, 0.25) is 0 Å². The van der Waals surface area contributed by atoms with Crippen molar-refractivity contribution in [3.63, 3.8) is 0 Å². The maximum atomic E-state index is 13.2. The van der Waals surface area contributed by atoms with E-state index in [1.807, 2.05) is 84.9 Å². The van der Waals surface area contributed by atoms with E-state index in [2.05, 4.69) is 18.8 Å². The van der Waals surface area contributed by atoms with Crippen molar-refractivity contribution in [2.75, 3.05) is 41.3 Å². The number of hydrogen-bond donors (Lipinski definition) is 2. The lowest BCUT2D eigenvalue weighted by Gasteiger charge is -2.17. The van der Waals surface area contributed by atoms with E-state index >= 15 is 0 Å². The molecule has 6 aromatic rings. The van der Waals surface area contributed by atoms with Crippen molar-refractivity contribution >= 4 is 102 Å². The molecule has 2 atom stereocenters. The molecule has 0 aliphatic carbocycles. The molecule has 0 saturated carbocycles. The summed E-state index contributed by atoms with van der Waals surface area (Å²) < 4.78 is 60.7. The highest BCUT2D eigenvalue weighted by atomic mass is 35.5. The molecule has 0 spiro atoms. The van der Waals surface area contributed by atoms with Crippen LogP contribution in [-0.4, -0.2) is 113 Å². The second-order valence-electron chi connectivity index (χ2n) is 16.4. The summed E-state index contributed by atoms with van der Waals surface area (Å²) in [7, 11) is -1.48. The summed E-state index contributed by atoms with van der Waals surface area (Å²) in [5.74, 6) is -0.502. The van der Waals surface area contributed by atoms with Crippen LogP contribution in [0, 0.1) is 0 Å². The van der Waals surface area contributed by atoms with Crippen LogP contribution < -0.4 is 11.5 Å². The molecule has 0 saturated heterocycles. The number of guanidine groups is 4. The highest BCUT2D eigenvalue weighted by Gasteiger charge is 2.34. The minimum atomic E-state index is -4.14. The number of benzene rings is 6. The van der Waals surface area contributed by atoms with Crippen LogP contribution in [0.1, 0.15) is 34.1 Å². The molecule has 22 heteroatoms. The summed E-state index contributed by atoms with van der Waals surface area (Å²) >= 11 is 24.0. The van der Waals surface area contributed by atoms with Gasteiger partial charge in [-0.05, 0) is 95.1 Å². The summed E-state index contributed by atoms with van der Waals surface area (Å²) in [6, 6.07) is 45.8. The van der Waals surface area contributed by atoms with Crippen LogP contribution in [0.15, 0.2) is 196 Å². The highest BCUT2D eigenvalue weighted by molar-refractivity contribution is 7.90. The van der Waals surface area contributed by atoms with Crippen molar-refractivity contribution < 1.29 is 16.8 Å². The SMILES string of the molecule is CN(C)C(N)=NC(=NS(=O)(=O)c1ccc(Cl)cc1)N1CC(c2ccccc2)C(c2ccc(Cl)cc2)=N1.CN(C)C(N)=NC(=NS(=O)(=O)c1ccc(Cl)cc1)N1CC(c2ccccc2)C(c2ccc(Cl)cc2)=N1. The van der Waals surface area contributed by atoms with Crippen LogP contribution in [0.2, 0.25) is 20.1 Å². The van der Waals surface area contributed by atoms with E-state index in [0.717, 1.165) is 33.7 Å². The molecular formula is C50H48Cl4N12O4S2. The van der Waals surface area contributed by atoms with Gasteiger partial charge in [-0.2, -0.15) is 37.0 Å². The van der Waals surface area contributed by atoms with Crippen LogP contribution in [0.3, 0.4) is 0 Å². The average Bonchev–Trinajstić information content (AvgIpc) is 4.02. The zero-order chi connectivity index (χ0) is 51.7. The van der Waals surface area contributed by atoms with Crippen molar-refractivity contribution in [3.8, 4) is 0 Å². The highest BCUT2D eigenvalue weighted by Crippen LogP contribution is 2.32. The van der Waals surface area contributed by atoms with Gasteiger partial charge in [0.15, 0.2) is 11.9 Å². The Hall–Kier alpha value is -6.80. The Morgan fingerprint density at radius 2 is 0.778 bits per heavy atom. The lowest BCUT2D eigenvalue weighted by molar-refractivity contribution is 0.468. The fourth-order valence-corrected chi connectivity index (χ4v) is 9.47. The van der Waals surface area contributed by atoms with Gasteiger partial charge in [0.25, 0.3) is 32.0 Å². The Bertz CT molecular complexity index is 3070. The number of hydrogen-bond acceptors (Lipinski definition) is 6. The van der Waals surface area contributed by atoms with Gasteiger partial charge in [0, 0.05) is 60.1 Å². The number of rotatable bonds is 8. The van der Waals surface area contributed by atoms with Gasteiger partial charge < -0.3 is 21.3 Å². The van der Waals surface area contributed by atoms with Crippen molar-refractivity contribution in [2.45, 2.75) is 21.6 Å². The van der Waals surface area contributed by atoms with Gasteiger partial charge >= 0.3 is 0 Å². The first-order valence-corrected chi connectivity index (χ1v) is 26.2. The van der Waals surface area contributed by atoms with Crippen molar-refractivity contribution in [2.24, 2.45) is 40.5 Å². The molecule has 2 aliphatic rings. The third-order valence-corrected chi connectivity index (χ3v) is 14.5. The number of hydrazone groups is 2. The van der Waals surface area contributed by atoms with E-state index in [-0.39, 0.29) is 45.5 Å². The lowest BCUT2D eigenvalue weighted by atomic mass is 9.91. The zero-order valence-corrected chi connectivity index (χ0v) is 43.8. The molecule has 16 nitrogen and oxygen atoms in total. The van der Waals surface area contributed by atoms with E-state index in [1.165, 1.54) is 58.5 Å². The molecule has 0 bridgehead atoms. The van der Waals surface area contributed by atoms with E-state index < -0.39 is 20.0 Å². The molecule has 0 aromatic heterocycles. The second-order valence-corrected chi connectivity index (χ2v) is 21.4. The molecule has 0 radical (unpaired) electrons. The average molecular weight is 1090 g/mol. The van der Waals surface area contributed by atoms with E-state index in [1.54, 1.807) is 62.3 Å². The Kier molecular flexibility index (Phi) is 17.1. The summed E-state index contributed by atoms with van der Waals surface area (Å²) in [6.45, 7) is 0.613. The van der Waals surface area contributed by atoms with Crippen LogP contribution >= 0.6 is 46.4 Å². The molecular weight excluding hydrogens is 1040 g/mol. The molecule has 4 N–H and O–H groups in total. The number of aliphatic imine (C=N–C) groups is 2. The topological polar surface area (TPSA) is 207 Å². The van der Waals surface area contributed by atoms with Crippen LogP contribution in [0.5, 0.6) is 0 Å². The van der Waals surface area contributed by atoms with Crippen molar-refractivity contribution in [1.29, 1.82) is 0 Å². The maximum Gasteiger partial charge on any atom is 0.285 e. The van der Waals surface area contributed by atoms with Gasteiger partial charge in [-0.25, -0.2) is 10.0 Å². The number of nitrogens with two attached hydrogens (primary N) is 2. The van der Waals surface area contributed by atoms with Crippen LogP contribution in [0.4, 0.5) is 0 Å². The molecule has 2 unspecified atom stereocenters. The maximum absolute atomic E-state index is 13.2. The molecule has 0 fully saturated rings. The third-order valence-electron chi connectivity index (χ3n) is 10.9. The van der Waals surface area contributed by atoms with Gasteiger partial charge in [0.1, 0.15) is 0 Å². The minimum absolute atomic E-state index is 0.0243. The first kappa shape index (κ1) is 53.0. The molecule has 0 amide bonds. The second kappa shape index (κ2) is 23.2. The molecule has 8 rings (SSSR count). The summed E-state index contributed by atoms with van der Waals surface area (Å²) in [6.07, 6.45) is 0. The van der Waals surface area contributed by atoms with E-state index in [0.29, 0.717) is 33.2 Å². The largest absolute Gasteiger partial charge is 0.369 e. The van der Waals surface area contributed by atoms with E-state index in [9.17, 15) is 16.8 Å². The quantitative estimate of drug-likeness (QED) is 0.109. The fraction of sp³-hybridized carbons (Fsp3) is 0.160. The Labute approximate surface area is 439 Å². The van der Waals surface area contributed by atoms with Gasteiger partial charge in [-0.1, -0.05) is 131 Å². The number of nitrogens with zero attached hydrogens (tertiary/aromatic N) is 10. The number of halogens is 4. The Morgan fingerprint density at radius 1 is 0.486 bits per heavy atom. The predicted molar refractivity (Wildman–Crippen MR) is 291 cm³/mol. The Morgan fingerprint density at radius 3 is 1.07 bits per heavy atom. The van der Waals surface area contributed by atoms with Crippen LogP contribution in [-0.2, 0) is 20.0 Å². The summed E-state index contributed by atoms with van der Waals surface area (Å²) in [4.78, 5) is 11.7. The first-order valence-electron chi connectivity index (χ1n) is 21.9. The van der Waals surface area contributed by atoms with Gasteiger partial charge in [-0.15, -0.1) is 8.80 Å². The standard InChI is InChI=1S/2C25H24Cl2N6O2S/c2*1-32(2)24(28)29-25(31-36(34,35)21-14-12-20(27)13-15-21)33-16-22(17-6-4-3-5-7-17)23(30-33)18-8-10-19(26)11-9-18/h2*3-15,22H,16H2,1-2H3,(H2,28,29,31). The minimum Gasteiger partial charge on any atom is -0.369 e. The fourth-order valence-electron chi connectivity index (χ4n) is 7.10. The van der Waals surface area contributed by atoms with Gasteiger partial charge in [-0.3, -0.25) is 0 Å². The summed E-state index contributed by atoms with van der Waals surface area (Å²) in [5, 5.41) is 14.5. The van der Waals surface area contributed by atoms with Crippen molar-refractivity contribution in [1.82, 2.24) is 19.8 Å². The molecule has 2 heterocycles. The normalized spacial score (nSPS) is 16.7. The third kappa shape index (κ3) is 13.4. The van der Waals surface area contributed by atoms with Crippen LogP contribution in [0.25, 0.3) is 0 Å². The summed E-state index contributed by atoms with van der Waals surface area (Å²) in [5.41, 5.74) is 17.3. The number of sulfonamides is 2. The lowest BCUT2D eigenvalue weighted by Crippen LogP contribution is -2.34. The van der Waals surface area contributed by atoms with Gasteiger partial charge in [0.05, 0.1) is 34.3 Å². The monoisotopic (exact) mass is 1080 g/mol. The molecule has 6 aromatic carbocycles. The molecule has 372 valence electrons. The first-order chi connectivity index (χ1) is 34.3. The Balaban J connectivity index is 0.000000211. The van der Waals surface area contributed by atoms with Crippen molar-refractivity contribution in [3.05, 3.63) is 200 Å². The predicted octanol–water partition coefficient (Wildman–Crippen LogP) is 8.84. The smallest absolute Gasteiger partial charge is 0.285 e. The molecule has 2 aliphatic heterocycles. The molecule has 72 heavy (non-hydrogen) atoms. The van der Waals surface area contributed by atoms with E-state index in [4.69, 9.17) is 68.1 Å². The zero-order valence-electron chi connectivity index (χ0n) is 39.2.